The predicted octanol–water partition coefficient (Wildman–Crippen LogP) is 2.04. The standard InChI is InChI=1S/C13H9NO4/c15-12-9-5-4-8(7-10(9)13(16)18-12)17-11-3-1-2-6-14-11/h1-7,13,16H. The minimum atomic E-state index is -1.22. The smallest absolute Gasteiger partial charge is 0.341 e. The number of carbonyl (C=O) groups excluding carboxylic acids is 1. The van der Waals surface area contributed by atoms with Crippen molar-refractivity contribution in [2.75, 3.05) is 0 Å². The largest absolute Gasteiger partial charge is 0.439 e. The van der Waals surface area contributed by atoms with Crippen molar-refractivity contribution in [2.45, 2.75) is 6.29 Å². The van der Waals surface area contributed by atoms with E-state index in [9.17, 15) is 9.90 Å². The van der Waals surface area contributed by atoms with Gasteiger partial charge < -0.3 is 14.6 Å². The van der Waals surface area contributed by atoms with Crippen LogP contribution in [-0.4, -0.2) is 16.1 Å². The predicted molar refractivity (Wildman–Crippen MR) is 61.1 cm³/mol. The Morgan fingerprint density at radius 3 is 2.94 bits per heavy atom. The second-order valence-electron chi connectivity index (χ2n) is 3.78. The number of carbonyl (C=O) groups is 1. The van der Waals surface area contributed by atoms with Gasteiger partial charge >= 0.3 is 5.97 Å². The maximum absolute atomic E-state index is 11.3. The molecule has 0 saturated carbocycles. The van der Waals surface area contributed by atoms with Crippen molar-refractivity contribution >= 4 is 5.97 Å². The van der Waals surface area contributed by atoms with Crippen LogP contribution in [0.2, 0.25) is 0 Å². The summed E-state index contributed by atoms with van der Waals surface area (Å²) in [6.45, 7) is 0. The lowest BCUT2D eigenvalue weighted by Crippen LogP contribution is -1.95. The molecule has 2 heterocycles. The summed E-state index contributed by atoms with van der Waals surface area (Å²) >= 11 is 0. The van der Waals surface area contributed by atoms with Crippen LogP contribution in [0.3, 0.4) is 0 Å². The number of hydrogen-bond acceptors (Lipinski definition) is 5. The molecule has 0 aliphatic carbocycles. The molecule has 1 aliphatic heterocycles. The van der Waals surface area contributed by atoms with E-state index >= 15 is 0 Å². The van der Waals surface area contributed by atoms with Crippen LogP contribution in [0.15, 0.2) is 42.6 Å². The fourth-order valence-corrected chi connectivity index (χ4v) is 1.75. The summed E-state index contributed by atoms with van der Waals surface area (Å²) in [5.41, 5.74) is 0.768. The van der Waals surface area contributed by atoms with Crippen LogP contribution in [-0.2, 0) is 4.74 Å². The third-order valence-corrected chi connectivity index (χ3v) is 2.59. The van der Waals surface area contributed by atoms with Crippen LogP contribution in [0.5, 0.6) is 11.6 Å². The first-order valence-corrected chi connectivity index (χ1v) is 5.36. The Morgan fingerprint density at radius 2 is 2.17 bits per heavy atom. The van der Waals surface area contributed by atoms with Gasteiger partial charge in [-0.25, -0.2) is 9.78 Å². The molecule has 1 aromatic carbocycles. The molecule has 0 radical (unpaired) electrons. The molecule has 0 bridgehead atoms. The van der Waals surface area contributed by atoms with Gasteiger partial charge in [0.05, 0.1) is 5.56 Å². The molecule has 2 aromatic rings. The number of esters is 1. The summed E-state index contributed by atoms with van der Waals surface area (Å²) in [5, 5.41) is 9.53. The van der Waals surface area contributed by atoms with Crippen molar-refractivity contribution in [3.05, 3.63) is 53.7 Å². The van der Waals surface area contributed by atoms with Crippen LogP contribution in [0.4, 0.5) is 0 Å². The van der Waals surface area contributed by atoms with E-state index in [1.54, 1.807) is 42.6 Å². The zero-order chi connectivity index (χ0) is 12.5. The van der Waals surface area contributed by atoms with Gasteiger partial charge in [-0.2, -0.15) is 0 Å². The molecule has 1 atom stereocenters. The lowest BCUT2D eigenvalue weighted by atomic mass is 10.1. The lowest BCUT2D eigenvalue weighted by molar-refractivity contribution is -0.0548. The maximum atomic E-state index is 11.3. The molecule has 1 unspecified atom stereocenters. The number of pyridine rings is 1. The van der Waals surface area contributed by atoms with Crippen molar-refractivity contribution in [2.24, 2.45) is 0 Å². The number of cyclic esters (lactones) is 1. The highest BCUT2D eigenvalue weighted by Crippen LogP contribution is 2.32. The van der Waals surface area contributed by atoms with E-state index in [1.807, 2.05) is 0 Å². The van der Waals surface area contributed by atoms with E-state index in [0.717, 1.165) is 0 Å². The molecule has 0 saturated heterocycles. The van der Waals surface area contributed by atoms with Crippen LogP contribution < -0.4 is 4.74 Å². The molecule has 0 fully saturated rings. The van der Waals surface area contributed by atoms with E-state index in [2.05, 4.69) is 9.72 Å². The number of aliphatic hydroxyl groups excluding tert-OH is 1. The zero-order valence-electron chi connectivity index (χ0n) is 9.24. The van der Waals surface area contributed by atoms with Gasteiger partial charge in [0.25, 0.3) is 0 Å². The monoisotopic (exact) mass is 243 g/mol. The summed E-state index contributed by atoms with van der Waals surface area (Å²) in [5.74, 6) is 0.406. The number of fused-ring (bicyclic) bond motifs is 1. The average molecular weight is 243 g/mol. The van der Waals surface area contributed by atoms with Crippen molar-refractivity contribution in [1.82, 2.24) is 4.98 Å². The van der Waals surface area contributed by atoms with Crippen LogP contribution in [0.25, 0.3) is 0 Å². The normalized spacial score (nSPS) is 17.2. The van der Waals surface area contributed by atoms with Gasteiger partial charge in [0, 0.05) is 17.8 Å². The molecular weight excluding hydrogens is 234 g/mol. The SMILES string of the molecule is O=C1OC(O)c2cc(Oc3ccccn3)ccc21. The van der Waals surface area contributed by atoms with Gasteiger partial charge in [-0.15, -0.1) is 0 Å². The summed E-state index contributed by atoms with van der Waals surface area (Å²) in [4.78, 5) is 15.3. The van der Waals surface area contributed by atoms with E-state index in [4.69, 9.17) is 4.74 Å². The number of hydrogen-bond donors (Lipinski definition) is 1. The maximum Gasteiger partial charge on any atom is 0.341 e. The molecule has 1 N–H and O–H groups in total. The van der Waals surface area contributed by atoms with Crippen LogP contribution in [0, 0.1) is 0 Å². The molecule has 90 valence electrons. The Hall–Kier alpha value is -2.40. The third kappa shape index (κ3) is 1.80. The molecule has 5 nitrogen and oxygen atoms in total. The summed E-state index contributed by atoms with van der Waals surface area (Å²) in [6, 6.07) is 10.1. The Morgan fingerprint density at radius 1 is 1.28 bits per heavy atom. The molecule has 0 amide bonds. The number of benzene rings is 1. The first-order chi connectivity index (χ1) is 8.74. The first kappa shape index (κ1) is 10.7. The van der Waals surface area contributed by atoms with Gasteiger partial charge in [0.15, 0.2) is 0 Å². The number of aromatic nitrogens is 1. The van der Waals surface area contributed by atoms with Gasteiger partial charge in [-0.1, -0.05) is 6.07 Å². The van der Waals surface area contributed by atoms with Crippen molar-refractivity contribution in [1.29, 1.82) is 0 Å². The minimum Gasteiger partial charge on any atom is -0.439 e. The first-order valence-electron chi connectivity index (χ1n) is 5.36. The fourth-order valence-electron chi connectivity index (χ4n) is 1.75. The fraction of sp³-hybridized carbons (Fsp3) is 0.0769. The molecule has 0 spiro atoms. The van der Waals surface area contributed by atoms with Gasteiger partial charge in [0.1, 0.15) is 5.75 Å². The van der Waals surface area contributed by atoms with Crippen molar-refractivity contribution in [3.8, 4) is 11.6 Å². The Labute approximate surface area is 103 Å². The highest BCUT2D eigenvalue weighted by atomic mass is 16.6. The highest BCUT2D eigenvalue weighted by Gasteiger charge is 2.29. The second-order valence-corrected chi connectivity index (χ2v) is 3.78. The highest BCUT2D eigenvalue weighted by molar-refractivity contribution is 5.94. The molecule has 18 heavy (non-hydrogen) atoms. The lowest BCUT2D eigenvalue weighted by Gasteiger charge is -2.06. The molecular formula is C13H9NO4. The molecule has 1 aromatic heterocycles. The van der Waals surface area contributed by atoms with Crippen molar-refractivity contribution in [3.63, 3.8) is 0 Å². The van der Waals surface area contributed by atoms with E-state index in [1.165, 1.54) is 0 Å². The van der Waals surface area contributed by atoms with Gasteiger partial charge in [-0.3, -0.25) is 0 Å². The molecule has 5 heteroatoms. The topological polar surface area (TPSA) is 68.7 Å². The van der Waals surface area contributed by atoms with Gasteiger partial charge in [-0.05, 0) is 24.3 Å². The van der Waals surface area contributed by atoms with E-state index in [-0.39, 0.29) is 0 Å². The third-order valence-electron chi connectivity index (χ3n) is 2.59. The zero-order valence-corrected chi connectivity index (χ0v) is 9.24. The van der Waals surface area contributed by atoms with Gasteiger partial charge in [0.2, 0.25) is 12.2 Å². The Kier molecular flexibility index (Phi) is 2.46. The molecule has 3 rings (SSSR count). The Balaban J connectivity index is 1.92. The van der Waals surface area contributed by atoms with Crippen LogP contribution >= 0.6 is 0 Å². The van der Waals surface area contributed by atoms with Crippen LogP contribution in [0.1, 0.15) is 22.2 Å². The summed E-state index contributed by atoms with van der Waals surface area (Å²) in [6.07, 6.45) is 0.393. The van der Waals surface area contributed by atoms with E-state index < -0.39 is 12.3 Å². The second kappa shape index (κ2) is 4.12. The molecule has 1 aliphatic rings. The summed E-state index contributed by atoms with van der Waals surface area (Å²) in [7, 11) is 0. The van der Waals surface area contributed by atoms with E-state index in [0.29, 0.717) is 22.8 Å². The number of nitrogens with zero attached hydrogens (tertiary/aromatic N) is 1. The Bertz CT molecular complexity index is 597. The number of ether oxygens (including phenoxy) is 2. The minimum absolute atomic E-state index is 0.357. The number of aliphatic hydroxyl groups is 1. The quantitative estimate of drug-likeness (QED) is 0.817. The van der Waals surface area contributed by atoms with Crippen molar-refractivity contribution < 1.29 is 19.4 Å². The number of rotatable bonds is 2. The summed E-state index contributed by atoms with van der Waals surface area (Å²) < 4.78 is 10.2. The average Bonchev–Trinajstić information content (AvgIpc) is 2.66.